The lowest BCUT2D eigenvalue weighted by Crippen LogP contribution is -2.37. The molecular formula is C24H30ClN5O2. The number of nitrogens with zero attached hydrogens (tertiary/aromatic N) is 5. The van der Waals surface area contributed by atoms with E-state index in [0.717, 1.165) is 49.0 Å². The zero-order valence-electron chi connectivity index (χ0n) is 18.2. The van der Waals surface area contributed by atoms with Crippen molar-refractivity contribution in [2.45, 2.75) is 63.6 Å². The van der Waals surface area contributed by atoms with Crippen molar-refractivity contribution in [1.29, 1.82) is 0 Å². The molecule has 0 spiro atoms. The Balaban J connectivity index is 0.00000245. The van der Waals surface area contributed by atoms with Crippen molar-refractivity contribution >= 4 is 29.3 Å². The van der Waals surface area contributed by atoms with Gasteiger partial charge in [-0.2, -0.15) is 0 Å². The monoisotopic (exact) mass is 455 g/mol. The summed E-state index contributed by atoms with van der Waals surface area (Å²) in [5.74, 6) is -0.0183. The number of carbonyl (C=O) groups is 1. The Bertz CT molecular complexity index is 1030. The summed E-state index contributed by atoms with van der Waals surface area (Å²) >= 11 is 0. The predicted octanol–water partition coefficient (Wildman–Crippen LogP) is 4.57. The molecule has 3 heterocycles. The first kappa shape index (κ1) is 22.7. The van der Waals surface area contributed by atoms with Crippen molar-refractivity contribution in [1.82, 2.24) is 24.9 Å². The van der Waals surface area contributed by atoms with Gasteiger partial charge in [0.15, 0.2) is 0 Å². The van der Waals surface area contributed by atoms with Crippen LogP contribution in [0.25, 0.3) is 11.0 Å². The molecule has 1 amide bonds. The second-order valence-electron chi connectivity index (χ2n) is 8.67. The van der Waals surface area contributed by atoms with Gasteiger partial charge in [-0.15, -0.1) is 17.5 Å². The summed E-state index contributed by atoms with van der Waals surface area (Å²) < 4.78 is 7.86. The van der Waals surface area contributed by atoms with E-state index in [1.54, 1.807) is 6.20 Å². The fourth-order valence-corrected chi connectivity index (χ4v) is 4.79. The topological polar surface area (TPSA) is 73.1 Å². The molecule has 1 unspecified atom stereocenters. The molecule has 1 saturated carbocycles. The van der Waals surface area contributed by atoms with Gasteiger partial charge in [-0.05, 0) is 56.0 Å². The maximum Gasteiger partial charge on any atom is 0.254 e. The van der Waals surface area contributed by atoms with Gasteiger partial charge in [0.1, 0.15) is 5.52 Å². The number of hydrogen-bond acceptors (Lipinski definition) is 5. The summed E-state index contributed by atoms with van der Waals surface area (Å²) in [6, 6.07) is 12.0. The van der Waals surface area contributed by atoms with Gasteiger partial charge in [0.25, 0.3) is 5.91 Å². The lowest BCUT2D eigenvalue weighted by atomic mass is 9.95. The second-order valence-corrected chi connectivity index (χ2v) is 8.67. The molecule has 3 aromatic rings. The average molecular weight is 456 g/mol. The Hall–Kier alpha value is -2.51. The molecule has 0 radical (unpaired) electrons. The number of ether oxygens (including phenoxy) is 1. The van der Waals surface area contributed by atoms with Crippen molar-refractivity contribution in [3.63, 3.8) is 0 Å². The van der Waals surface area contributed by atoms with Gasteiger partial charge in [0.05, 0.1) is 29.9 Å². The molecule has 32 heavy (non-hydrogen) atoms. The normalized spacial score (nSPS) is 19.1. The largest absolute Gasteiger partial charge is 0.376 e. The maximum atomic E-state index is 13.5. The number of hydrogen-bond donors (Lipinski definition) is 0. The lowest BCUT2D eigenvalue weighted by molar-refractivity contribution is 0.0504. The van der Waals surface area contributed by atoms with Gasteiger partial charge in [0.2, 0.25) is 0 Å². The number of aromatic nitrogens is 4. The molecule has 2 aliphatic rings. The van der Waals surface area contributed by atoms with Crippen LogP contribution >= 0.6 is 12.4 Å². The van der Waals surface area contributed by atoms with Gasteiger partial charge in [0, 0.05) is 24.9 Å². The summed E-state index contributed by atoms with van der Waals surface area (Å²) in [6.07, 6.45) is 9.98. The minimum atomic E-state index is -0.0183. The zero-order chi connectivity index (χ0) is 21.0. The highest BCUT2D eigenvalue weighted by Crippen LogP contribution is 2.30. The lowest BCUT2D eigenvalue weighted by Gasteiger charge is -2.25. The van der Waals surface area contributed by atoms with E-state index in [1.807, 2.05) is 41.3 Å². The van der Waals surface area contributed by atoms with Gasteiger partial charge in [-0.25, -0.2) is 4.68 Å². The van der Waals surface area contributed by atoms with Crippen LogP contribution in [0.1, 0.15) is 67.0 Å². The fraction of sp³-hybridized carbons (Fsp3) is 0.500. The van der Waals surface area contributed by atoms with Crippen LogP contribution in [0.4, 0.5) is 0 Å². The van der Waals surface area contributed by atoms with Crippen LogP contribution in [0, 0.1) is 0 Å². The minimum Gasteiger partial charge on any atom is -0.376 e. The molecule has 170 valence electrons. The van der Waals surface area contributed by atoms with E-state index in [-0.39, 0.29) is 24.4 Å². The molecule has 8 heteroatoms. The minimum absolute atomic E-state index is 0. The summed E-state index contributed by atoms with van der Waals surface area (Å²) in [6.45, 7) is 1.81. The summed E-state index contributed by atoms with van der Waals surface area (Å²) in [5, 5.41) is 8.82. The first-order valence-electron chi connectivity index (χ1n) is 11.4. The van der Waals surface area contributed by atoms with Crippen molar-refractivity contribution in [3.05, 3.63) is 53.9 Å². The molecule has 2 fully saturated rings. The fourth-order valence-electron chi connectivity index (χ4n) is 4.79. The molecule has 1 aliphatic heterocycles. The van der Waals surface area contributed by atoms with E-state index >= 15 is 0 Å². The van der Waals surface area contributed by atoms with Crippen LogP contribution in [0.2, 0.25) is 0 Å². The van der Waals surface area contributed by atoms with Gasteiger partial charge >= 0.3 is 0 Å². The van der Waals surface area contributed by atoms with Crippen LogP contribution < -0.4 is 0 Å². The highest BCUT2D eigenvalue weighted by molar-refractivity contribution is 5.97. The number of rotatable bonds is 6. The Kier molecular flexibility index (Phi) is 7.37. The Morgan fingerprint density at radius 1 is 1.09 bits per heavy atom. The van der Waals surface area contributed by atoms with Gasteiger partial charge in [-0.3, -0.25) is 9.78 Å². The van der Waals surface area contributed by atoms with Gasteiger partial charge < -0.3 is 9.64 Å². The van der Waals surface area contributed by atoms with Crippen molar-refractivity contribution in [2.75, 3.05) is 13.2 Å². The molecule has 0 bridgehead atoms. The van der Waals surface area contributed by atoms with Crippen LogP contribution in [0.15, 0.2) is 42.6 Å². The van der Waals surface area contributed by atoms with Crippen LogP contribution in [-0.2, 0) is 11.3 Å². The van der Waals surface area contributed by atoms with Crippen molar-refractivity contribution < 1.29 is 9.53 Å². The average Bonchev–Trinajstić information content (AvgIpc) is 3.49. The smallest absolute Gasteiger partial charge is 0.254 e. The number of carbonyl (C=O) groups excluding carboxylic acids is 1. The van der Waals surface area contributed by atoms with Crippen LogP contribution in [-0.4, -0.2) is 50.0 Å². The SMILES string of the molecule is Cl.O=C(c1ccc2c(c1)nnn2C1CCCCC1)N(Cc1ccccn1)CC1CCCO1. The third-order valence-electron chi connectivity index (χ3n) is 6.45. The number of benzene rings is 1. The molecule has 1 atom stereocenters. The molecule has 1 aromatic carbocycles. The highest BCUT2D eigenvalue weighted by atomic mass is 35.5. The van der Waals surface area contributed by atoms with E-state index in [9.17, 15) is 4.79 Å². The molecule has 7 nitrogen and oxygen atoms in total. The van der Waals surface area contributed by atoms with Crippen molar-refractivity contribution in [3.8, 4) is 0 Å². The van der Waals surface area contributed by atoms with Crippen molar-refractivity contribution in [2.24, 2.45) is 0 Å². The predicted molar refractivity (Wildman–Crippen MR) is 125 cm³/mol. The molecule has 2 aromatic heterocycles. The standard InChI is InChI=1S/C24H29N5O2.ClH/c30-24(28(17-21-10-6-14-31-21)16-19-7-4-5-13-25-19)18-11-12-23-22(15-18)26-27-29(23)20-8-2-1-3-9-20;/h4-5,7,11-13,15,20-21H,1-3,6,8-10,14,16-17H2;1H. The van der Waals surface area contributed by atoms with Gasteiger partial charge in [-0.1, -0.05) is 30.5 Å². The Morgan fingerprint density at radius 3 is 2.72 bits per heavy atom. The van der Waals surface area contributed by atoms with E-state index in [0.29, 0.717) is 24.7 Å². The molecule has 5 rings (SSSR count). The zero-order valence-corrected chi connectivity index (χ0v) is 19.0. The maximum absolute atomic E-state index is 13.5. The second kappa shape index (κ2) is 10.4. The summed E-state index contributed by atoms with van der Waals surface area (Å²) in [5.41, 5.74) is 3.31. The molecule has 1 saturated heterocycles. The number of amides is 1. The third-order valence-corrected chi connectivity index (χ3v) is 6.45. The number of fused-ring (bicyclic) bond motifs is 1. The third kappa shape index (κ3) is 4.94. The molecule has 1 aliphatic carbocycles. The summed E-state index contributed by atoms with van der Waals surface area (Å²) in [4.78, 5) is 19.7. The van der Waals surface area contributed by atoms with Crippen LogP contribution in [0.5, 0.6) is 0 Å². The Labute approximate surface area is 194 Å². The van der Waals surface area contributed by atoms with E-state index in [4.69, 9.17) is 4.74 Å². The first-order valence-corrected chi connectivity index (χ1v) is 11.4. The van der Waals surface area contributed by atoms with E-state index < -0.39 is 0 Å². The number of halogens is 1. The summed E-state index contributed by atoms with van der Waals surface area (Å²) in [7, 11) is 0. The van der Waals surface area contributed by atoms with E-state index in [2.05, 4.69) is 20.0 Å². The van der Waals surface area contributed by atoms with E-state index in [1.165, 1.54) is 19.3 Å². The highest BCUT2D eigenvalue weighted by Gasteiger charge is 2.25. The number of pyridine rings is 1. The van der Waals surface area contributed by atoms with Crippen LogP contribution in [0.3, 0.4) is 0 Å². The Morgan fingerprint density at radius 2 is 1.97 bits per heavy atom. The molecule has 0 N–H and O–H groups in total. The first-order chi connectivity index (χ1) is 15.3. The molecular weight excluding hydrogens is 426 g/mol. The quantitative estimate of drug-likeness (QED) is 0.544.